The van der Waals surface area contributed by atoms with Crippen LogP contribution in [0.4, 0.5) is 10.8 Å². The van der Waals surface area contributed by atoms with Crippen LogP contribution in [0.1, 0.15) is 38.8 Å². The van der Waals surface area contributed by atoms with Crippen LogP contribution in [0.2, 0.25) is 0 Å². The number of aryl methyl sites for hydroxylation is 2. The van der Waals surface area contributed by atoms with Crippen molar-refractivity contribution in [3.05, 3.63) is 64.2 Å². The smallest absolute Gasteiger partial charge is 0.258 e. The quantitative estimate of drug-likeness (QED) is 0.371. The van der Waals surface area contributed by atoms with Gasteiger partial charge in [-0.3, -0.25) is 14.9 Å². The van der Waals surface area contributed by atoms with Crippen molar-refractivity contribution in [1.29, 1.82) is 0 Å². The summed E-state index contributed by atoms with van der Waals surface area (Å²) < 4.78 is 5.10. The number of ether oxygens (including phenoxy) is 1. The summed E-state index contributed by atoms with van der Waals surface area (Å²) in [6.45, 7) is 5.23. The van der Waals surface area contributed by atoms with Gasteiger partial charge in [0.1, 0.15) is 5.01 Å². The summed E-state index contributed by atoms with van der Waals surface area (Å²) in [7, 11) is 1.66. The molecule has 0 spiro atoms. The average molecular weight is 483 g/mol. The van der Waals surface area contributed by atoms with Crippen LogP contribution >= 0.6 is 23.1 Å². The number of nitrogens with zero attached hydrogens (tertiary/aromatic N) is 3. The van der Waals surface area contributed by atoms with Gasteiger partial charge in [0.15, 0.2) is 0 Å². The first-order valence-electron chi connectivity index (χ1n) is 10.7. The molecule has 0 radical (unpaired) electrons. The molecule has 0 unspecified atom stereocenters. The van der Waals surface area contributed by atoms with Crippen LogP contribution in [0.15, 0.2) is 47.4 Å². The fourth-order valence-corrected chi connectivity index (χ4v) is 5.65. The number of amides is 2. The minimum atomic E-state index is -0.224. The monoisotopic (exact) mass is 482 g/mol. The number of aromatic nitrogens is 2. The maximum Gasteiger partial charge on any atom is 0.258 e. The summed E-state index contributed by atoms with van der Waals surface area (Å²) in [6.07, 6.45) is 0.383. The van der Waals surface area contributed by atoms with Crippen molar-refractivity contribution < 1.29 is 14.3 Å². The average Bonchev–Trinajstić information content (AvgIpc) is 3.40. The Hall–Kier alpha value is -2.75. The zero-order valence-corrected chi connectivity index (χ0v) is 20.5. The number of carbonyl (C=O) groups is 2. The first-order chi connectivity index (χ1) is 15.9. The highest BCUT2D eigenvalue weighted by atomic mass is 32.2. The molecular formula is C24H26N4O3S2. The van der Waals surface area contributed by atoms with E-state index in [0.717, 1.165) is 32.5 Å². The minimum Gasteiger partial charge on any atom is -0.384 e. The second-order valence-electron chi connectivity index (χ2n) is 7.99. The molecule has 1 N–H and O–H groups in total. The Morgan fingerprint density at radius 3 is 2.73 bits per heavy atom. The van der Waals surface area contributed by atoms with E-state index < -0.39 is 0 Å². The van der Waals surface area contributed by atoms with Gasteiger partial charge in [0.25, 0.3) is 5.91 Å². The number of benzene rings is 2. The summed E-state index contributed by atoms with van der Waals surface area (Å²) in [5.41, 5.74) is 3.76. The van der Waals surface area contributed by atoms with Crippen molar-refractivity contribution in [2.24, 2.45) is 0 Å². The predicted octanol–water partition coefficient (Wildman–Crippen LogP) is 4.67. The molecule has 0 bridgehead atoms. The second kappa shape index (κ2) is 10.5. The second-order valence-corrected chi connectivity index (χ2v) is 10.1. The lowest BCUT2D eigenvalue weighted by Crippen LogP contribution is -2.24. The van der Waals surface area contributed by atoms with Gasteiger partial charge in [-0.15, -0.1) is 22.0 Å². The molecular weight excluding hydrogens is 456 g/mol. The van der Waals surface area contributed by atoms with Gasteiger partial charge in [-0.25, -0.2) is 0 Å². The number of thioether (sulfide) groups is 1. The van der Waals surface area contributed by atoms with E-state index in [1.807, 2.05) is 49.1 Å². The van der Waals surface area contributed by atoms with E-state index in [1.165, 1.54) is 11.3 Å². The predicted molar refractivity (Wildman–Crippen MR) is 133 cm³/mol. The Balaban J connectivity index is 1.44. The molecule has 2 aromatic carbocycles. The molecule has 1 aliphatic heterocycles. The number of methoxy groups -OCH3 is 1. The normalized spacial score (nSPS) is 15.8. The standard InChI is InChI=1S/C24H26N4O3S2/c1-15-10-16(2)12-18(11-15)28-14-17(13-21(28)29)23-26-27-24(33-23)25-22(30)19-6-4-5-7-20(19)32-9-8-31-3/h4-7,10-12,17H,8-9,13-14H2,1-3H3,(H,25,27,30)/t17-/m1/s1. The molecule has 1 aromatic heterocycles. The van der Waals surface area contributed by atoms with Gasteiger partial charge in [-0.1, -0.05) is 29.5 Å². The maximum atomic E-state index is 12.9. The van der Waals surface area contributed by atoms with Crippen LogP contribution in [-0.2, 0) is 9.53 Å². The van der Waals surface area contributed by atoms with Gasteiger partial charge in [-0.05, 0) is 49.2 Å². The zero-order valence-electron chi connectivity index (χ0n) is 18.8. The van der Waals surface area contributed by atoms with Gasteiger partial charge in [0.05, 0.1) is 12.2 Å². The zero-order chi connectivity index (χ0) is 23.4. The van der Waals surface area contributed by atoms with Crippen molar-refractivity contribution in [2.75, 3.05) is 36.2 Å². The lowest BCUT2D eigenvalue weighted by atomic mass is 10.1. The molecule has 9 heteroatoms. The summed E-state index contributed by atoms with van der Waals surface area (Å²) in [4.78, 5) is 28.3. The highest BCUT2D eigenvalue weighted by molar-refractivity contribution is 7.99. The van der Waals surface area contributed by atoms with Crippen molar-refractivity contribution in [3.63, 3.8) is 0 Å². The Morgan fingerprint density at radius 2 is 1.97 bits per heavy atom. The molecule has 1 saturated heterocycles. The molecule has 33 heavy (non-hydrogen) atoms. The largest absolute Gasteiger partial charge is 0.384 e. The molecule has 0 saturated carbocycles. The van der Waals surface area contributed by atoms with Gasteiger partial charge >= 0.3 is 0 Å². The highest BCUT2D eigenvalue weighted by Gasteiger charge is 2.34. The number of nitrogens with one attached hydrogen (secondary N) is 1. The Labute approximate surface area is 201 Å². The van der Waals surface area contributed by atoms with E-state index in [4.69, 9.17) is 4.74 Å². The third-order valence-electron chi connectivity index (χ3n) is 5.33. The Morgan fingerprint density at radius 1 is 1.21 bits per heavy atom. The number of carbonyl (C=O) groups excluding carboxylic acids is 2. The van der Waals surface area contributed by atoms with E-state index in [-0.39, 0.29) is 17.7 Å². The molecule has 2 heterocycles. The Bertz CT molecular complexity index is 1140. The number of rotatable bonds is 8. The van der Waals surface area contributed by atoms with Gasteiger partial charge < -0.3 is 9.64 Å². The third kappa shape index (κ3) is 5.61. The maximum absolute atomic E-state index is 12.9. The lowest BCUT2D eigenvalue weighted by Gasteiger charge is -2.17. The summed E-state index contributed by atoms with van der Waals surface area (Å²) >= 11 is 2.90. The summed E-state index contributed by atoms with van der Waals surface area (Å²) in [5.74, 6) is 0.569. The molecule has 1 fully saturated rings. The first-order valence-corrected chi connectivity index (χ1v) is 12.5. The van der Waals surface area contributed by atoms with E-state index in [2.05, 4.69) is 21.6 Å². The van der Waals surface area contributed by atoms with Crippen LogP contribution in [-0.4, -0.2) is 48.0 Å². The fourth-order valence-electron chi connectivity index (χ4n) is 3.86. The van der Waals surface area contributed by atoms with Crippen molar-refractivity contribution in [1.82, 2.24) is 10.2 Å². The van der Waals surface area contributed by atoms with Gasteiger partial charge in [-0.2, -0.15) is 0 Å². The topological polar surface area (TPSA) is 84.4 Å². The van der Waals surface area contributed by atoms with E-state index >= 15 is 0 Å². The molecule has 1 atom stereocenters. The van der Waals surface area contributed by atoms with Crippen LogP contribution in [0, 0.1) is 13.8 Å². The number of hydrogen-bond donors (Lipinski definition) is 1. The number of anilines is 2. The molecule has 3 aromatic rings. The molecule has 0 aliphatic carbocycles. The van der Waals surface area contributed by atoms with Crippen LogP contribution in [0.25, 0.3) is 0 Å². The molecule has 7 nitrogen and oxygen atoms in total. The summed E-state index contributed by atoms with van der Waals surface area (Å²) in [6, 6.07) is 13.6. The summed E-state index contributed by atoms with van der Waals surface area (Å²) in [5, 5.41) is 12.5. The van der Waals surface area contributed by atoms with E-state index in [9.17, 15) is 9.59 Å². The van der Waals surface area contributed by atoms with Crippen LogP contribution < -0.4 is 10.2 Å². The van der Waals surface area contributed by atoms with Crippen molar-refractivity contribution >= 4 is 45.7 Å². The van der Waals surface area contributed by atoms with Crippen LogP contribution in [0.5, 0.6) is 0 Å². The van der Waals surface area contributed by atoms with Gasteiger partial charge in [0, 0.05) is 42.3 Å². The molecule has 2 amide bonds. The minimum absolute atomic E-state index is 0.0432. The molecule has 172 valence electrons. The lowest BCUT2D eigenvalue weighted by molar-refractivity contribution is -0.117. The number of hydrogen-bond acceptors (Lipinski definition) is 7. The SMILES string of the molecule is COCCSc1ccccc1C(=O)Nc1nnc([C@@H]2CC(=O)N(c3cc(C)cc(C)c3)C2)s1. The van der Waals surface area contributed by atoms with Crippen LogP contribution in [0.3, 0.4) is 0 Å². The molecule has 4 rings (SSSR count). The van der Waals surface area contributed by atoms with Crippen molar-refractivity contribution in [3.8, 4) is 0 Å². The highest BCUT2D eigenvalue weighted by Crippen LogP contribution is 2.35. The van der Waals surface area contributed by atoms with Gasteiger partial charge in [0.2, 0.25) is 11.0 Å². The van der Waals surface area contributed by atoms with Crippen molar-refractivity contribution in [2.45, 2.75) is 31.1 Å². The fraction of sp³-hybridized carbons (Fsp3) is 0.333. The molecule has 1 aliphatic rings. The third-order valence-corrected chi connectivity index (χ3v) is 7.37. The first kappa shape index (κ1) is 23.4. The van der Waals surface area contributed by atoms with E-state index in [1.54, 1.807) is 24.9 Å². The Kier molecular flexibility index (Phi) is 7.42. The van der Waals surface area contributed by atoms with E-state index in [0.29, 0.717) is 30.3 Å².